The minimum absolute atomic E-state index is 0.754. The van der Waals surface area contributed by atoms with Crippen molar-refractivity contribution >= 4 is 93.9 Å². The first-order valence-corrected chi connectivity index (χ1v) is 14.6. The van der Waals surface area contributed by atoms with Gasteiger partial charge in [0.25, 0.3) is 0 Å². The first-order valence-electron chi connectivity index (χ1n) is 14.6. The molecule has 0 fully saturated rings. The first-order chi connectivity index (χ1) is 21.8. The Kier molecular flexibility index (Phi) is 4.66. The highest BCUT2D eigenvalue weighted by molar-refractivity contribution is 6.14. The lowest BCUT2D eigenvalue weighted by Gasteiger charge is -2.24. The van der Waals surface area contributed by atoms with E-state index in [0.29, 0.717) is 0 Å². The van der Waals surface area contributed by atoms with E-state index >= 15 is 0 Å². The molecule has 0 bridgehead atoms. The number of nitrogens with zero attached hydrogens (tertiary/aromatic N) is 2. The van der Waals surface area contributed by atoms with Crippen LogP contribution in [0.1, 0.15) is 0 Å². The van der Waals surface area contributed by atoms with Gasteiger partial charge in [-0.3, -0.25) is 4.90 Å². The Balaban J connectivity index is 1.23. The Morgan fingerprint density at radius 2 is 1.02 bits per heavy atom. The Labute approximate surface area is 250 Å². The average molecular weight is 567 g/mol. The van der Waals surface area contributed by atoms with Crippen molar-refractivity contribution in [3.8, 4) is 0 Å². The molecule has 0 radical (unpaired) electrons. The van der Waals surface area contributed by atoms with Gasteiger partial charge in [0.15, 0.2) is 5.58 Å². The van der Waals surface area contributed by atoms with Crippen LogP contribution in [0, 0.1) is 0 Å². The van der Waals surface area contributed by atoms with Crippen LogP contribution in [0.25, 0.3) is 76.7 Å². The summed E-state index contributed by atoms with van der Waals surface area (Å²) >= 11 is 0. The highest BCUT2D eigenvalue weighted by Gasteiger charge is 2.20. The summed E-state index contributed by atoms with van der Waals surface area (Å²) < 4.78 is 18.9. The van der Waals surface area contributed by atoms with Gasteiger partial charge in [0.2, 0.25) is 0 Å². The monoisotopic (exact) mass is 566 g/mol. The summed E-state index contributed by atoms with van der Waals surface area (Å²) in [4.78, 5) is 7.43. The zero-order valence-corrected chi connectivity index (χ0v) is 23.3. The number of fused-ring (bicyclic) bond motifs is 11. The van der Waals surface area contributed by atoms with E-state index < -0.39 is 0 Å². The third-order valence-corrected chi connectivity index (χ3v) is 8.66. The predicted molar refractivity (Wildman–Crippen MR) is 178 cm³/mol. The van der Waals surface area contributed by atoms with Crippen LogP contribution in [0.2, 0.25) is 0 Å². The van der Waals surface area contributed by atoms with Crippen molar-refractivity contribution in [1.82, 2.24) is 4.98 Å². The van der Waals surface area contributed by atoms with Gasteiger partial charge < -0.3 is 13.3 Å². The molecule has 6 aromatic carbocycles. The molecule has 0 aliphatic carbocycles. The molecule has 4 aromatic heterocycles. The van der Waals surface area contributed by atoms with Gasteiger partial charge in [0.05, 0.1) is 5.69 Å². The van der Waals surface area contributed by atoms with Gasteiger partial charge in [-0.1, -0.05) is 66.7 Å². The summed E-state index contributed by atoms with van der Waals surface area (Å²) in [5.41, 5.74) is 7.74. The van der Waals surface area contributed by atoms with E-state index in [1.807, 2.05) is 66.7 Å². The topological polar surface area (TPSA) is 55.6 Å². The van der Waals surface area contributed by atoms with E-state index in [1.165, 1.54) is 0 Å². The molecular weight excluding hydrogens is 544 g/mol. The minimum Gasteiger partial charge on any atom is -0.456 e. The normalized spacial score (nSPS) is 12.1. The highest BCUT2D eigenvalue weighted by atomic mass is 16.3. The van der Waals surface area contributed by atoms with Crippen molar-refractivity contribution in [2.45, 2.75) is 0 Å². The molecule has 0 saturated heterocycles. The molecule has 10 rings (SSSR count). The number of rotatable bonds is 3. The van der Waals surface area contributed by atoms with Crippen LogP contribution in [0.15, 0.2) is 147 Å². The molecule has 0 N–H and O–H groups in total. The summed E-state index contributed by atoms with van der Waals surface area (Å²) in [5.74, 6) is 0.774. The molecule has 10 aromatic rings. The van der Waals surface area contributed by atoms with Crippen LogP contribution >= 0.6 is 0 Å². The molecule has 0 aliphatic heterocycles. The fourth-order valence-electron chi connectivity index (χ4n) is 6.61. The molecular formula is C39H22N2O3. The zero-order chi connectivity index (χ0) is 28.8. The second kappa shape index (κ2) is 8.72. The minimum atomic E-state index is 0.754. The van der Waals surface area contributed by atoms with E-state index in [2.05, 4.69) is 71.6 Å². The third kappa shape index (κ3) is 3.32. The van der Waals surface area contributed by atoms with Gasteiger partial charge in [-0.2, -0.15) is 0 Å². The Morgan fingerprint density at radius 1 is 0.409 bits per heavy atom. The van der Waals surface area contributed by atoms with Crippen LogP contribution < -0.4 is 4.90 Å². The maximum atomic E-state index is 6.39. The largest absolute Gasteiger partial charge is 0.456 e. The van der Waals surface area contributed by atoms with Gasteiger partial charge in [0.1, 0.15) is 39.2 Å². The first kappa shape index (κ1) is 23.5. The number of para-hydroxylation sites is 2. The van der Waals surface area contributed by atoms with Crippen molar-refractivity contribution in [1.29, 1.82) is 0 Å². The maximum Gasteiger partial charge on any atom is 0.154 e. The van der Waals surface area contributed by atoms with E-state index in [1.54, 1.807) is 0 Å². The number of aromatic nitrogens is 1. The van der Waals surface area contributed by atoms with E-state index in [4.69, 9.17) is 18.2 Å². The Morgan fingerprint density at radius 3 is 1.89 bits per heavy atom. The standard InChI is InChI=1S/C39H22N2O3/c1-2-8-26-23(7-1)13-16-30-38-35(44-39(26)30)19-20-37(40-38)41(24-15-18-34-31(21-24)28-10-4-6-12-33(28)42-34)25-14-17-29-27-9-3-5-11-32(27)43-36(29)22-25/h1-22H. The van der Waals surface area contributed by atoms with Gasteiger partial charge in [-0.25, -0.2) is 4.98 Å². The van der Waals surface area contributed by atoms with Crippen LogP contribution in [-0.4, -0.2) is 4.98 Å². The fourth-order valence-corrected chi connectivity index (χ4v) is 6.61. The summed E-state index contributed by atoms with van der Waals surface area (Å²) in [6.07, 6.45) is 0. The lowest BCUT2D eigenvalue weighted by atomic mass is 10.1. The van der Waals surface area contributed by atoms with Crippen molar-refractivity contribution in [2.24, 2.45) is 0 Å². The van der Waals surface area contributed by atoms with Gasteiger partial charge in [-0.05, 0) is 66.0 Å². The van der Waals surface area contributed by atoms with Gasteiger partial charge >= 0.3 is 0 Å². The molecule has 0 unspecified atom stereocenters. The number of hydrogen-bond acceptors (Lipinski definition) is 5. The zero-order valence-electron chi connectivity index (χ0n) is 23.3. The molecule has 206 valence electrons. The molecule has 0 spiro atoms. The molecule has 44 heavy (non-hydrogen) atoms. The smallest absolute Gasteiger partial charge is 0.154 e. The lowest BCUT2D eigenvalue weighted by Crippen LogP contribution is -2.11. The number of pyridine rings is 1. The van der Waals surface area contributed by atoms with E-state index in [-0.39, 0.29) is 0 Å². The molecule has 5 nitrogen and oxygen atoms in total. The molecule has 0 aliphatic rings. The predicted octanol–water partition coefficient (Wildman–Crippen LogP) is 11.4. The number of benzene rings is 6. The molecule has 0 saturated carbocycles. The van der Waals surface area contributed by atoms with Crippen LogP contribution in [0.3, 0.4) is 0 Å². The number of hydrogen-bond donors (Lipinski definition) is 0. The van der Waals surface area contributed by atoms with Gasteiger partial charge in [0, 0.05) is 44.1 Å². The van der Waals surface area contributed by atoms with E-state index in [0.717, 1.165) is 93.9 Å². The quantitative estimate of drug-likeness (QED) is 0.213. The second-order valence-electron chi connectivity index (χ2n) is 11.2. The van der Waals surface area contributed by atoms with E-state index in [9.17, 15) is 0 Å². The number of anilines is 3. The summed E-state index contributed by atoms with van der Waals surface area (Å²) in [6, 6.07) is 45.5. The van der Waals surface area contributed by atoms with Crippen molar-refractivity contribution in [3.05, 3.63) is 133 Å². The van der Waals surface area contributed by atoms with Crippen LogP contribution in [0.4, 0.5) is 17.2 Å². The molecule has 0 amide bonds. The Bertz CT molecular complexity index is 2750. The maximum absolute atomic E-state index is 6.39. The van der Waals surface area contributed by atoms with Crippen LogP contribution in [0.5, 0.6) is 0 Å². The van der Waals surface area contributed by atoms with Crippen LogP contribution in [-0.2, 0) is 0 Å². The lowest BCUT2D eigenvalue weighted by molar-refractivity contribution is 0.668. The molecule has 4 heterocycles. The molecule has 5 heteroatoms. The highest BCUT2D eigenvalue weighted by Crippen LogP contribution is 2.42. The van der Waals surface area contributed by atoms with Crippen molar-refractivity contribution in [3.63, 3.8) is 0 Å². The van der Waals surface area contributed by atoms with Crippen molar-refractivity contribution in [2.75, 3.05) is 4.90 Å². The Hall–Kier alpha value is -6.07. The number of furan rings is 3. The third-order valence-electron chi connectivity index (χ3n) is 8.66. The molecule has 0 atom stereocenters. The van der Waals surface area contributed by atoms with Gasteiger partial charge in [-0.15, -0.1) is 0 Å². The second-order valence-corrected chi connectivity index (χ2v) is 11.2. The SMILES string of the molecule is c1ccc2c(c1)ccc1c3nc(N(c4ccc5c(c4)oc4ccccc45)c4ccc5oc6ccccc6c5c4)ccc3oc21. The average Bonchev–Trinajstić information content (AvgIpc) is 3.75. The summed E-state index contributed by atoms with van der Waals surface area (Å²) in [6.45, 7) is 0. The summed E-state index contributed by atoms with van der Waals surface area (Å²) in [5, 5.41) is 7.52. The fraction of sp³-hybridized carbons (Fsp3) is 0. The summed E-state index contributed by atoms with van der Waals surface area (Å²) in [7, 11) is 0. The van der Waals surface area contributed by atoms with Crippen molar-refractivity contribution < 1.29 is 13.3 Å².